The first-order chi connectivity index (χ1) is 11.8. The van der Waals surface area contributed by atoms with Gasteiger partial charge in [0.2, 0.25) is 0 Å². The van der Waals surface area contributed by atoms with Gasteiger partial charge in [0.15, 0.2) is 0 Å². The molecule has 0 unspecified atom stereocenters. The molecule has 0 aliphatic heterocycles. The third-order valence-electron chi connectivity index (χ3n) is 3.77. The molecule has 0 radical (unpaired) electrons. The molecule has 0 atom stereocenters. The van der Waals surface area contributed by atoms with E-state index in [1.807, 2.05) is 0 Å². The molecule has 0 saturated heterocycles. The average molecular weight is 361 g/mol. The van der Waals surface area contributed by atoms with Gasteiger partial charge in [0.25, 0.3) is 10.0 Å². The second-order valence-electron chi connectivity index (χ2n) is 5.29. The number of methoxy groups -OCH3 is 1. The van der Waals surface area contributed by atoms with Crippen molar-refractivity contribution in [1.82, 2.24) is 9.97 Å². The fourth-order valence-electron chi connectivity index (χ4n) is 2.36. The van der Waals surface area contributed by atoms with Crippen molar-refractivity contribution in [2.45, 2.75) is 4.90 Å². The molecule has 3 rings (SSSR count). The molecule has 0 aliphatic rings. The van der Waals surface area contributed by atoms with Crippen LogP contribution >= 0.6 is 0 Å². The summed E-state index contributed by atoms with van der Waals surface area (Å²) in [5.41, 5.74) is -0.647. The first kappa shape index (κ1) is 16.8. The van der Waals surface area contributed by atoms with Crippen LogP contribution in [0.15, 0.2) is 56.9 Å². The van der Waals surface area contributed by atoms with Crippen LogP contribution in [0.4, 0.5) is 5.69 Å². The SMILES string of the molecule is COc1cccc(N(C)S(=O)(=O)c2ccc3[nH]c(=O)c(=O)[nH]c3c2)c1. The summed E-state index contributed by atoms with van der Waals surface area (Å²) < 4.78 is 31.9. The van der Waals surface area contributed by atoms with Gasteiger partial charge in [-0.25, -0.2) is 8.42 Å². The molecular weight excluding hydrogens is 346 g/mol. The molecule has 1 aromatic heterocycles. The molecule has 9 heteroatoms. The van der Waals surface area contributed by atoms with E-state index < -0.39 is 21.1 Å². The summed E-state index contributed by atoms with van der Waals surface area (Å²) in [5.74, 6) is 0.528. The summed E-state index contributed by atoms with van der Waals surface area (Å²) in [6, 6.07) is 10.7. The molecule has 0 bridgehead atoms. The van der Waals surface area contributed by atoms with Crippen LogP contribution < -0.4 is 20.2 Å². The number of aromatic amines is 2. The van der Waals surface area contributed by atoms with E-state index in [-0.39, 0.29) is 10.4 Å². The van der Waals surface area contributed by atoms with Gasteiger partial charge >= 0.3 is 11.1 Å². The Morgan fingerprint density at radius 1 is 0.960 bits per heavy atom. The zero-order valence-corrected chi connectivity index (χ0v) is 14.3. The van der Waals surface area contributed by atoms with Gasteiger partial charge in [-0.3, -0.25) is 13.9 Å². The van der Waals surface area contributed by atoms with Gasteiger partial charge in [-0.15, -0.1) is 0 Å². The van der Waals surface area contributed by atoms with Gasteiger partial charge in [0.1, 0.15) is 5.75 Å². The highest BCUT2D eigenvalue weighted by Crippen LogP contribution is 2.26. The van der Waals surface area contributed by atoms with Gasteiger partial charge in [0, 0.05) is 13.1 Å². The van der Waals surface area contributed by atoms with E-state index in [9.17, 15) is 18.0 Å². The van der Waals surface area contributed by atoms with Crippen molar-refractivity contribution in [2.75, 3.05) is 18.5 Å². The second kappa shape index (κ2) is 6.10. The third-order valence-corrected chi connectivity index (χ3v) is 5.55. The summed E-state index contributed by atoms with van der Waals surface area (Å²) in [5, 5.41) is 0. The van der Waals surface area contributed by atoms with Crippen molar-refractivity contribution in [3.05, 3.63) is 63.2 Å². The van der Waals surface area contributed by atoms with Crippen LogP contribution in [0.3, 0.4) is 0 Å². The lowest BCUT2D eigenvalue weighted by atomic mass is 10.3. The molecule has 0 saturated carbocycles. The molecule has 0 spiro atoms. The fraction of sp³-hybridized carbons (Fsp3) is 0.125. The monoisotopic (exact) mass is 361 g/mol. The summed E-state index contributed by atoms with van der Waals surface area (Å²) in [6.07, 6.45) is 0. The molecule has 3 aromatic rings. The Morgan fingerprint density at radius 2 is 1.64 bits per heavy atom. The van der Waals surface area contributed by atoms with E-state index in [1.54, 1.807) is 24.3 Å². The van der Waals surface area contributed by atoms with Crippen LogP contribution in [0.2, 0.25) is 0 Å². The number of anilines is 1. The first-order valence-corrected chi connectivity index (χ1v) is 8.66. The van der Waals surface area contributed by atoms with Gasteiger partial charge in [0.05, 0.1) is 28.7 Å². The van der Waals surface area contributed by atoms with E-state index in [0.717, 1.165) is 4.31 Å². The average Bonchev–Trinajstić information content (AvgIpc) is 2.61. The Bertz CT molecular complexity index is 1160. The number of nitrogens with zero attached hydrogens (tertiary/aromatic N) is 1. The van der Waals surface area contributed by atoms with E-state index in [2.05, 4.69) is 9.97 Å². The maximum atomic E-state index is 12.8. The highest BCUT2D eigenvalue weighted by Gasteiger charge is 2.22. The van der Waals surface area contributed by atoms with Gasteiger partial charge in [-0.2, -0.15) is 0 Å². The van der Waals surface area contributed by atoms with E-state index in [1.165, 1.54) is 32.4 Å². The van der Waals surface area contributed by atoms with Crippen molar-refractivity contribution in [1.29, 1.82) is 0 Å². The minimum absolute atomic E-state index is 0.0204. The van der Waals surface area contributed by atoms with Crippen molar-refractivity contribution in [2.24, 2.45) is 0 Å². The Labute approximate surface area is 142 Å². The predicted molar refractivity (Wildman–Crippen MR) is 93.8 cm³/mol. The van der Waals surface area contributed by atoms with E-state index in [0.29, 0.717) is 17.0 Å². The normalized spacial score (nSPS) is 11.4. The number of ether oxygens (including phenoxy) is 1. The number of benzene rings is 2. The molecule has 0 amide bonds. The molecule has 130 valence electrons. The van der Waals surface area contributed by atoms with Gasteiger partial charge < -0.3 is 14.7 Å². The second-order valence-corrected chi connectivity index (χ2v) is 7.26. The van der Waals surface area contributed by atoms with E-state index in [4.69, 9.17) is 4.74 Å². The maximum Gasteiger partial charge on any atom is 0.314 e. The lowest BCUT2D eigenvalue weighted by molar-refractivity contribution is 0.415. The zero-order chi connectivity index (χ0) is 18.2. The zero-order valence-electron chi connectivity index (χ0n) is 13.4. The summed E-state index contributed by atoms with van der Waals surface area (Å²) in [4.78, 5) is 27.5. The molecular formula is C16H15N3O5S. The number of hydrogen-bond donors (Lipinski definition) is 2. The molecule has 0 aliphatic carbocycles. The lowest BCUT2D eigenvalue weighted by Gasteiger charge is -2.20. The molecule has 2 N–H and O–H groups in total. The van der Waals surface area contributed by atoms with Gasteiger partial charge in [-0.05, 0) is 30.3 Å². The topological polar surface area (TPSA) is 112 Å². The fourth-order valence-corrected chi connectivity index (χ4v) is 3.57. The smallest absolute Gasteiger partial charge is 0.314 e. The quantitative estimate of drug-likeness (QED) is 0.675. The molecule has 25 heavy (non-hydrogen) atoms. The van der Waals surface area contributed by atoms with Crippen molar-refractivity contribution >= 4 is 26.7 Å². The Morgan fingerprint density at radius 3 is 2.32 bits per heavy atom. The van der Waals surface area contributed by atoms with Crippen molar-refractivity contribution in [3.63, 3.8) is 0 Å². The Balaban J connectivity index is 2.09. The Hall–Kier alpha value is -3.07. The molecule has 8 nitrogen and oxygen atoms in total. The number of aromatic nitrogens is 2. The first-order valence-electron chi connectivity index (χ1n) is 7.22. The minimum Gasteiger partial charge on any atom is -0.497 e. The van der Waals surface area contributed by atoms with Crippen molar-refractivity contribution < 1.29 is 13.2 Å². The van der Waals surface area contributed by atoms with Crippen LogP contribution in [-0.4, -0.2) is 32.5 Å². The number of sulfonamides is 1. The lowest BCUT2D eigenvalue weighted by Crippen LogP contribution is -2.29. The van der Waals surface area contributed by atoms with Crippen LogP contribution in [0.1, 0.15) is 0 Å². The number of rotatable bonds is 4. The Kier molecular flexibility index (Phi) is 4.09. The largest absolute Gasteiger partial charge is 0.497 e. The number of H-pyrrole nitrogens is 2. The van der Waals surface area contributed by atoms with E-state index >= 15 is 0 Å². The molecule has 0 fully saturated rings. The highest BCUT2D eigenvalue weighted by atomic mass is 32.2. The maximum absolute atomic E-state index is 12.8. The number of fused-ring (bicyclic) bond motifs is 1. The summed E-state index contributed by atoms with van der Waals surface area (Å²) in [7, 11) is -0.953. The summed E-state index contributed by atoms with van der Waals surface area (Å²) in [6.45, 7) is 0. The third kappa shape index (κ3) is 3.01. The standard InChI is InChI=1S/C16H15N3O5S/c1-19(10-4-3-5-11(8-10)24-2)25(22,23)12-6-7-13-14(9-12)18-16(21)15(20)17-13/h3-9H,1-2H3,(H,17,20)(H,18,21). The van der Waals surface area contributed by atoms with Gasteiger partial charge in [-0.1, -0.05) is 6.07 Å². The molecule has 2 aromatic carbocycles. The minimum atomic E-state index is -3.87. The van der Waals surface area contributed by atoms with Crippen molar-refractivity contribution in [3.8, 4) is 5.75 Å². The highest BCUT2D eigenvalue weighted by molar-refractivity contribution is 7.92. The van der Waals surface area contributed by atoms with Crippen LogP contribution in [0.5, 0.6) is 5.75 Å². The predicted octanol–water partition coefficient (Wildman–Crippen LogP) is 1.05. The molecule has 1 heterocycles. The number of nitrogens with one attached hydrogen (secondary N) is 2. The van der Waals surface area contributed by atoms with Crippen LogP contribution in [0, 0.1) is 0 Å². The number of hydrogen-bond acceptors (Lipinski definition) is 5. The van der Waals surface area contributed by atoms with Crippen LogP contribution in [-0.2, 0) is 10.0 Å². The summed E-state index contributed by atoms with van der Waals surface area (Å²) >= 11 is 0. The van der Waals surface area contributed by atoms with Crippen LogP contribution in [0.25, 0.3) is 11.0 Å².